The zero-order chi connectivity index (χ0) is 17.5. The molecular formula is C17H20Cl2N4O. The Kier molecular flexibility index (Phi) is 6.70. The third kappa shape index (κ3) is 5.01. The average molecular weight is 367 g/mol. The van der Waals surface area contributed by atoms with E-state index in [1.165, 1.54) is 0 Å². The number of ether oxygens (including phenoxy) is 1. The van der Waals surface area contributed by atoms with Gasteiger partial charge in [-0.05, 0) is 37.6 Å². The van der Waals surface area contributed by atoms with Gasteiger partial charge in [0, 0.05) is 21.8 Å². The summed E-state index contributed by atoms with van der Waals surface area (Å²) in [6.45, 7) is 4.79. The molecule has 2 rings (SSSR count). The van der Waals surface area contributed by atoms with E-state index >= 15 is 0 Å². The molecule has 0 amide bonds. The van der Waals surface area contributed by atoms with Crippen LogP contribution < -0.4 is 15.8 Å². The Bertz CT molecular complexity index is 721. The van der Waals surface area contributed by atoms with Crippen LogP contribution in [0.2, 0.25) is 10.0 Å². The van der Waals surface area contributed by atoms with E-state index in [1.807, 2.05) is 32.0 Å². The zero-order valence-electron chi connectivity index (χ0n) is 13.6. The third-order valence-corrected chi connectivity index (χ3v) is 3.91. The summed E-state index contributed by atoms with van der Waals surface area (Å²) in [5.74, 6) is 0.894. The summed E-state index contributed by atoms with van der Waals surface area (Å²) in [6, 6.07) is 9.01. The van der Waals surface area contributed by atoms with Crippen molar-refractivity contribution < 1.29 is 4.74 Å². The minimum absolute atomic E-state index is 0.0984. The Labute approximate surface area is 151 Å². The van der Waals surface area contributed by atoms with Gasteiger partial charge in [-0.1, -0.05) is 35.3 Å². The Morgan fingerprint density at radius 3 is 2.88 bits per heavy atom. The van der Waals surface area contributed by atoms with Gasteiger partial charge in [0.1, 0.15) is 0 Å². The maximum atomic E-state index is 6.21. The van der Waals surface area contributed by atoms with E-state index in [9.17, 15) is 0 Å². The highest BCUT2D eigenvalue weighted by molar-refractivity contribution is 6.35. The largest absolute Gasteiger partial charge is 0.478 e. The van der Waals surface area contributed by atoms with Crippen LogP contribution in [-0.4, -0.2) is 17.6 Å². The van der Waals surface area contributed by atoms with Crippen LogP contribution in [0, 0.1) is 0 Å². The molecule has 0 radical (unpaired) electrons. The van der Waals surface area contributed by atoms with Crippen LogP contribution >= 0.6 is 23.2 Å². The number of aromatic nitrogens is 1. The van der Waals surface area contributed by atoms with Crippen molar-refractivity contribution in [1.82, 2.24) is 10.3 Å². The number of halogens is 2. The van der Waals surface area contributed by atoms with Crippen LogP contribution in [0.15, 0.2) is 41.5 Å². The first kappa shape index (κ1) is 18.4. The molecule has 0 aliphatic rings. The molecule has 1 heterocycles. The van der Waals surface area contributed by atoms with E-state index in [4.69, 9.17) is 33.7 Å². The van der Waals surface area contributed by atoms with E-state index in [-0.39, 0.29) is 6.04 Å². The maximum absolute atomic E-state index is 6.21. The molecule has 0 aliphatic heterocycles. The van der Waals surface area contributed by atoms with Crippen LogP contribution in [0.3, 0.4) is 0 Å². The minimum atomic E-state index is -0.0984. The lowest BCUT2D eigenvalue weighted by atomic mass is 10.1. The van der Waals surface area contributed by atoms with E-state index in [2.05, 4.69) is 15.3 Å². The fourth-order valence-corrected chi connectivity index (χ4v) is 2.75. The first-order valence-electron chi connectivity index (χ1n) is 7.59. The molecule has 7 heteroatoms. The molecule has 1 aromatic carbocycles. The van der Waals surface area contributed by atoms with Crippen LogP contribution in [0.1, 0.15) is 31.0 Å². The van der Waals surface area contributed by atoms with Gasteiger partial charge in [-0.15, -0.1) is 0 Å². The van der Waals surface area contributed by atoms with Crippen LogP contribution in [0.5, 0.6) is 5.88 Å². The molecule has 3 N–H and O–H groups in total. The number of nitrogens with two attached hydrogens (primary N) is 1. The van der Waals surface area contributed by atoms with Crippen molar-refractivity contribution in [3.05, 3.63) is 57.7 Å². The molecule has 24 heavy (non-hydrogen) atoms. The van der Waals surface area contributed by atoms with Gasteiger partial charge in [-0.3, -0.25) is 0 Å². The van der Waals surface area contributed by atoms with E-state index in [0.717, 1.165) is 11.1 Å². The Balaban J connectivity index is 2.04. The molecule has 0 bridgehead atoms. The molecular weight excluding hydrogens is 347 g/mol. The summed E-state index contributed by atoms with van der Waals surface area (Å²) in [5.41, 5.74) is 7.75. The number of aliphatic imine (C=N–C) groups is 1. The summed E-state index contributed by atoms with van der Waals surface area (Å²) in [7, 11) is 0. The van der Waals surface area contributed by atoms with Crippen molar-refractivity contribution >= 4 is 29.2 Å². The lowest BCUT2D eigenvalue weighted by molar-refractivity contribution is 0.323. The predicted octanol–water partition coefficient (Wildman–Crippen LogP) is 3.95. The Morgan fingerprint density at radius 1 is 1.38 bits per heavy atom. The van der Waals surface area contributed by atoms with Gasteiger partial charge in [-0.2, -0.15) is 0 Å². The fraction of sp³-hybridized carbons (Fsp3) is 0.294. The maximum Gasteiger partial charge on any atom is 0.218 e. The molecule has 1 aromatic heterocycles. The van der Waals surface area contributed by atoms with Crippen LogP contribution in [-0.2, 0) is 6.54 Å². The smallest absolute Gasteiger partial charge is 0.218 e. The lowest BCUT2D eigenvalue weighted by Gasteiger charge is -2.16. The molecule has 2 aromatic rings. The number of guanidine groups is 1. The summed E-state index contributed by atoms with van der Waals surface area (Å²) in [5, 5.41) is 4.30. The van der Waals surface area contributed by atoms with Gasteiger partial charge in [0.05, 0.1) is 19.2 Å². The van der Waals surface area contributed by atoms with Crippen LogP contribution in [0.4, 0.5) is 0 Å². The Morgan fingerprint density at radius 2 is 2.17 bits per heavy atom. The van der Waals surface area contributed by atoms with Gasteiger partial charge >= 0.3 is 0 Å². The topological polar surface area (TPSA) is 72.5 Å². The number of rotatable bonds is 6. The second-order valence-corrected chi connectivity index (χ2v) is 5.98. The summed E-state index contributed by atoms with van der Waals surface area (Å²) in [6.07, 6.45) is 1.68. The monoisotopic (exact) mass is 366 g/mol. The quantitative estimate of drug-likeness (QED) is 0.599. The van der Waals surface area contributed by atoms with Gasteiger partial charge in [-0.25, -0.2) is 9.98 Å². The first-order valence-corrected chi connectivity index (χ1v) is 8.35. The van der Waals surface area contributed by atoms with E-state index < -0.39 is 0 Å². The van der Waals surface area contributed by atoms with E-state index in [1.54, 1.807) is 18.3 Å². The molecule has 0 fully saturated rings. The van der Waals surface area contributed by atoms with E-state index in [0.29, 0.717) is 35.0 Å². The second kappa shape index (κ2) is 8.76. The van der Waals surface area contributed by atoms with Crippen molar-refractivity contribution in [1.29, 1.82) is 0 Å². The summed E-state index contributed by atoms with van der Waals surface area (Å²) >= 11 is 12.1. The first-order chi connectivity index (χ1) is 11.5. The second-order valence-electron chi connectivity index (χ2n) is 5.13. The van der Waals surface area contributed by atoms with Gasteiger partial charge in [0.25, 0.3) is 0 Å². The SMILES string of the molecule is CCOc1ncccc1CN=C(N)NC(C)c1ccc(Cl)cc1Cl. The molecule has 128 valence electrons. The zero-order valence-corrected chi connectivity index (χ0v) is 15.1. The highest BCUT2D eigenvalue weighted by atomic mass is 35.5. The van der Waals surface area contributed by atoms with Gasteiger partial charge in [0.2, 0.25) is 5.88 Å². The number of nitrogens with one attached hydrogen (secondary N) is 1. The molecule has 0 aliphatic carbocycles. The number of benzene rings is 1. The van der Waals surface area contributed by atoms with Gasteiger partial charge in [0.15, 0.2) is 5.96 Å². The summed E-state index contributed by atoms with van der Waals surface area (Å²) in [4.78, 5) is 8.54. The molecule has 5 nitrogen and oxygen atoms in total. The number of pyridine rings is 1. The molecule has 0 spiro atoms. The Hall–Kier alpha value is -1.98. The molecule has 1 atom stereocenters. The van der Waals surface area contributed by atoms with Crippen molar-refractivity contribution in [2.24, 2.45) is 10.7 Å². The minimum Gasteiger partial charge on any atom is -0.478 e. The number of hydrogen-bond donors (Lipinski definition) is 2. The van der Waals surface area contributed by atoms with Crippen molar-refractivity contribution in [3.8, 4) is 5.88 Å². The van der Waals surface area contributed by atoms with Crippen molar-refractivity contribution in [3.63, 3.8) is 0 Å². The number of nitrogens with zero attached hydrogens (tertiary/aromatic N) is 2. The molecule has 0 saturated carbocycles. The summed E-state index contributed by atoms with van der Waals surface area (Å²) < 4.78 is 5.48. The van der Waals surface area contributed by atoms with Crippen molar-refractivity contribution in [2.45, 2.75) is 26.4 Å². The lowest BCUT2D eigenvalue weighted by Crippen LogP contribution is -2.34. The highest BCUT2D eigenvalue weighted by Crippen LogP contribution is 2.26. The van der Waals surface area contributed by atoms with Crippen molar-refractivity contribution in [2.75, 3.05) is 6.61 Å². The fourth-order valence-electron chi connectivity index (χ4n) is 2.18. The third-order valence-electron chi connectivity index (χ3n) is 3.34. The predicted molar refractivity (Wildman–Crippen MR) is 98.7 cm³/mol. The standard InChI is InChI=1S/C17H20Cl2N4O/c1-3-24-16-12(5-4-8-21-16)10-22-17(20)23-11(2)14-7-6-13(18)9-15(14)19/h4-9,11H,3,10H2,1-2H3,(H3,20,22,23). The average Bonchev–Trinajstić information content (AvgIpc) is 2.54. The highest BCUT2D eigenvalue weighted by Gasteiger charge is 2.11. The molecule has 1 unspecified atom stereocenters. The van der Waals surface area contributed by atoms with Gasteiger partial charge < -0.3 is 15.8 Å². The normalized spacial score (nSPS) is 12.8. The molecule has 0 saturated heterocycles. The van der Waals surface area contributed by atoms with Crippen LogP contribution in [0.25, 0.3) is 0 Å². The number of hydrogen-bond acceptors (Lipinski definition) is 3.